The highest BCUT2D eigenvalue weighted by atomic mass is 35.5. The van der Waals surface area contributed by atoms with Gasteiger partial charge in [0, 0.05) is 30.3 Å². The van der Waals surface area contributed by atoms with E-state index >= 15 is 0 Å². The van der Waals surface area contributed by atoms with Gasteiger partial charge in [0.2, 0.25) is 0 Å². The highest BCUT2D eigenvalue weighted by Gasteiger charge is 2.30. The fourth-order valence-electron chi connectivity index (χ4n) is 3.71. The Bertz CT molecular complexity index is 929. The Kier molecular flexibility index (Phi) is 4.88. The molecule has 0 aliphatic heterocycles. The van der Waals surface area contributed by atoms with E-state index in [1.54, 1.807) is 11.7 Å². The van der Waals surface area contributed by atoms with Gasteiger partial charge in [-0.2, -0.15) is 10.4 Å². The van der Waals surface area contributed by atoms with Crippen LogP contribution in [0.1, 0.15) is 42.3 Å². The number of fused-ring (bicyclic) bond motifs is 1. The van der Waals surface area contributed by atoms with Crippen molar-refractivity contribution < 1.29 is 9.90 Å². The number of hydrogen-bond donors (Lipinski definition) is 2. The first-order chi connectivity index (χ1) is 12.4. The predicted molar refractivity (Wildman–Crippen MR) is 97.7 cm³/mol. The molecule has 136 valence electrons. The highest BCUT2D eigenvalue weighted by Crippen LogP contribution is 2.42. The van der Waals surface area contributed by atoms with Gasteiger partial charge in [0.15, 0.2) is 0 Å². The zero-order valence-electron chi connectivity index (χ0n) is 14.7. The predicted octanol–water partition coefficient (Wildman–Crippen LogP) is 2.73. The number of carbonyl (C=O) groups is 1. The second-order valence-corrected chi connectivity index (χ2v) is 6.94. The van der Waals surface area contributed by atoms with Crippen LogP contribution in [0.2, 0.25) is 5.15 Å². The number of nitrogens with zero attached hydrogens (tertiary/aromatic N) is 4. The molecule has 0 saturated heterocycles. The van der Waals surface area contributed by atoms with Crippen LogP contribution in [0.15, 0.2) is 0 Å². The number of nitriles is 1. The molecule has 1 unspecified atom stereocenters. The van der Waals surface area contributed by atoms with E-state index in [0.717, 1.165) is 23.4 Å². The van der Waals surface area contributed by atoms with E-state index in [-0.39, 0.29) is 23.7 Å². The van der Waals surface area contributed by atoms with Crippen LogP contribution < -0.4 is 5.73 Å². The molecule has 7 nitrogen and oxygen atoms in total. The van der Waals surface area contributed by atoms with Crippen LogP contribution in [0.4, 0.5) is 5.82 Å². The van der Waals surface area contributed by atoms with Gasteiger partial charge < -0.3 is 10.8 Å². The fraction of sp³-hybridized carbons (Fsp3) is 0.444. The van der Waals surface area contributed by atoms with Gasteiger partial charge in [-0.15, -0.1) is 0 Å². The molecule has 0 radical (unpaired) electrons. The molecule has 3 N–H and O–H groups in total. The van der Waals surface area contributed by atoms with Gasteiger partial charge in [-0.25, -0.2) is 4.98 Å². The number of anilines is 1. The van der Waals surface area contributed by atoms with Crippen molar-refractivity contribution in [2.24, 2.45) is 13.0 Å². The molecule has 0 aromatic carbocycles. The summed E-state index contributed by atoms with van der Waals surface area (Å²) in [6, 6.07) is 2.16. The molecule has 3 rings (SSSR count). The average Bonchev–Trinajstić information content (AvgIpc) is 2.88. The second-order valence-electron chi connectivity index (χ2n) is 6.58. The van der Waals surface area contributed by atoms with Crippen LogP contribution in [0.25, 0.3) is 11.1 Å². The zero-order valence-corrected chi connectivity index (χ0v) is 15.5. The lowest BCUT2D eigenvalue weighted by atomic mass is 9.80. The summed E-state index contributed by atoms with van der Waals surface area (Å²) in [5.41, 5.74) is 10.2. The Morgan fingerprint density at radius 1 is 1.50 bits per heavy atom. The lowest BCUT2D eigenvalue weighted by Gasteiger charge is -2.26. The number of aromatic nitrogens is 3. The van der Waals surface area contributed by atoms with Gasteiger partial charge in [-0.1, -0.05) is 18.5 Å². The number of aliphatic carboxylic acids is 1. The topological polar surface area (TPSA) is 118 Å². The number of hydrogen-bond acceptors (Lipinski definition) is 5. The quantitative estimate of drug-likeness (QED) is 0.850. The van der Waals surface area contributed by atoms with E-state index in [9.17, 15) is 10.1 Å². The van der Waals surface area contributed by atoms with Crippen molar-refractivity contribution in [1.82, 2.24) is 14.8 Å². The number of carboxylic acids is 1. The molecule has 1 atom stereocenters. The number of nitrogens with two attached hydrogens (primary N) is 1. The smallest absolute Gasteiger partial charge is 0.303 e. The average molecular weight is 374 g/mol. The van der Waals surface area contributed by atoms with Crippen LogP contribution in [0.5, 0.6) is 0 Å². The molecule has 2 aromatic rings. The maximum atomic E-state index is 11.1. The molecule has 1 aliphatic rings. The van der Waals surface area contributed by atoms with Crippen molar-refractivity contribution in [1.29, 1.82) is 5.26 Å². The van der Waals surface area contributed by atoms with Crippen molar-refractivity contribution in [3.63, 3.8) is 0 Å². The van der Waals surface area contributed by atoms with Crippen molar-refractivity contribution in [2.75, 3.05) is 5.73 Å². The first kappa shape index (κ1) is 18.2. The molecule has 26 heavy (non-hydrogen) atoms. The molecule has 0 bridgehead atoms. The van der Waals surface area contributed by atoms with Gasteiger partial charge in [-0.3, -0.25) is 9.48 Å². The zero-order chi connectivity index (χ0) is 19.0. The number of nitrogen functional groups attached to an aromatic ring is 1. The van der Waals surface area contributed by atoms with Crippen LogP contribution in [-0.4, -0.2) is 25.8 Å². The number of halogens is 1. The summed E-state index contributed by atoms with van der Waals surface area (Å²) in [7, 11) is 1.75. The Balaban J connectivity index is 2.27. The van der Waals surface area contributed by atoms with Gasteiger partial charge in [0.05, 0.1) is 5.69 Å². The maximum absolute atomic E-state index is 11.1. The maximum Gasteiger partial charge on any atom is 0.303 e. The molecule has 1 aliphatic carbocycles. The van der Waals surface area contributed by atoms with E-state index in [2.05, 4.69) is 16.2 Å². The van der Waals surface area contributed by atoms with Crippen LogP contribution >= 0.6 is 11.6 Å². The molecule has 2 aromatic heterocycles. The number of pyridine rings is 1. The Morgan fingerprint density at radius 3 is 2.85 bits per heavy atom. The Labute approximate surface area is 156 Å². The third-order valence-corrected chi connectivity index (χ3v) is 5.34. The number of aryl methyl sites for hydroxylation is 3. The molecule has 0 spiro atoms. The van der Waals surface area contributed by atoms with Gasteiger partial charge in [-0.05, 0) is 37.2 Å². The largest absolute Gasteiger partial charge is 0.481 e. The minimum Gasteiger partial charge on any atom is -0.481 e. The number of rotatable bonds is 4. The van der Waals surface area contributed by atoms with E-state index < -0.39 is 5.97 Å². The number of carboxylic acid groups (broad SMARTS) is 1. The standard InChI is InChI=1S/C18H20ClN5O2/c1-3-12-16(17(19)24(2)23-12)15-10-6-9(7-14(25)26)4-5-13(10)22-18(21)11(15)8-20/h9H,3-7H2,1-2H3,(H2,21,22)(H,25,26). The lowest BCUT2D eigenvalue weighted by Crippen LogP contribution is -2.21. The Hall–Kier alpha value is -2.59. The van der Waals surface area contributed by atoms with E-state index in [0.29, 0.717) is 35.5 Å². The third kappa shape index (κ3) is 3.01. The minimum atomic E-state index is -0.822. The second kappa shape index (κ2) is 6.96. The summed E-state index contributed by atoms with van der Waals surface area (Å²) in [4.78, 5) is 15.6. The fourth-order valence-corrected chi connectivity index (χ4v) is 3.95. The monoisotopic (exact) mass is 373 g/mol. The molecular formula is C18H20ClN5O2. The van der Waals surface area contributed by atoms with Crippen molar-refractivity contribution >= 4 is 23.4 Å². The summed E-state index contributed by atoms with van der Waals surface area (Å²) in [5, 5.41) is 23.7. The van der Waals surface area contributed by atoms with Gasteiger partial charge in [0.25, 0.3) is 0 Å². The van der Waals surface area contributed by atoms with Crippen LogP contribution in [-0.2, 0) is 31.1 Å². The van der Waals surface area contributed by atoms with Crippen LogP contribution in [0, 0.1) is 17.2 Å². The molecule has 0 fully saturated rings. The summed E-state index contributed by atoms with van der Waals surface area (Å²) in [5.74, 6) is -0.645. The molecular weight excluding hydrogens is 354 g/mol. The lowest BCUT2D eigenvalue weighted by molar-refractivity contribution is -0.138. The van der Waals surface area contributed by atoms with Crippen molar-refractivity contribution in [2.45, 2.75) is 39.0 Å². The molecule has 0 saturated carbocycles. The molecule has 8 heteroatoms. The summed E-state index contributed by atoms with van der Waals surface area (Å²) < 4.78 is 1.58. The Morgan fingerprint density at radius 2 is 2.23 bits per heavy atom. The third-order valence-electron chi connectivity index (χ3n) is 4.90. The summed E-state index contributed by atoms with van der Waals surface area (Å²) >= 11 is 6.51. The first-order valence-electron chi connectivity index (χ1n) is 8.52. The van der Waals surface area contributed by atoms with Crippen molar-refractivity contribution in [3.05, 3.63) is 27.7 Å². The first-order valence-corrected chi connectivity index (χ1v) is 8.89. The van der Waals surface area contributed by atoms with E-state index in [1.165, 1.54) is 0 Å². The normalized spacial score (nSPS) is 16.2. The summed E-state index contributed by atoms with van der Waals surface area (Å²) in [6.07, 6.45) is 2.64. The molecule has 0 amide bonds. The van der Waals surface area contributed by atoms with Crippen LogP contribution in [0.3, 0.4) is 0 Å². The SMILES string of the molecule is CCc1nn(C)c(Cl)c1-c1c(C#N)c(N)nc2c1CC(CC(=O)O)CC2. The summed E-state index contributed by atoms with van der Waals surface area (Å²) in [6.45, 7) is 1.97. The van der Waals surface area contributed by atoms with Crippen molar-refractivity contribution in [3.8, 4) is 17.2 Å². The molecule has 2 heterocycles. The van der Waals surface area contributed by atoms with E-state index in [1.807, 2.05) is 6.92 Å². The van der Waals surface area contributed by atoms with Gasteiger partial charge in [0.1, 0.15) is 22.6 Å². The van der Waals surface area contributed by atoms with Gasteiger partial charge >= 0.3 is 5.97 Å². The van der Waals surface area contributed by atoms with E-state index in [4.69, 9.17) is 22.4 Å². The highest BCUT2D eigenvalue weighted by molar-refractivity contribution is 6.32. The minimum absolute atomic E-state index is 0.00348.